The van der Waals surface area contributed by atoms with Gasteiger partial charge >= 0.3 is 0 Å². The minimum Gasteiger partial charge on any atom is -0.371 e. The summed E-state index contributed by atoms with van der Waals surface area (Å²) in [6.07, 6.45) is 4.23. The molecule has 0 spiro atoms. The van der Waals surface area contributed by atoms with E-state index in [2.05, 4.69) is 14.9 Å². The van der Waals surface area contributed by atoms with E-state index in [0.717, 1.165) is 34.5 Å². The van der Waals surface area contributed by atoms with Crippen LogP contribution in [0.3, 0.4) is 0 Å². The number of para-hydroxylation sites is 1. The summed E-state index contributed by atoms with van der Waals surface area (Å²) in [4.78, 5) is 37.0. The molecule has 2 amide bonds. The summed E-state index contributed by atoms with van der Waals surface area (Å²) < 4.78 is 1.97. The molecule has 6 rings (SSSR count). The Balaban J connectivity index is 1.24. The van der Waals surface area contributed by atoms with Gasteiger partial charge in [0.2, 0.25) is 5.91 Å². The molecule has 1 saturated heterocycles. The summed E-state index contributed by atoms with van der Waals surface area (Å²) in [5, 5.41) is 5.88. The first-order valence-corrected chi connectivity index (χ1v) is 11.9. The van der Waals surface area contributed by atoms with Crippen LogP contribution in [0.1, 0.15) is 34.2 Å². The predicted octanol–water partition coefficient (Wildman–Crippen LogP) is 2.51. The van der Waals surface area contributed by atoms with Crippen LogP contribution in [-0.4, -0.2) is 56.1 Å². The Morgan fingerprint density at radius 3 is 2.66 bits per heavy atom. The first-order chi connectivity index (χ1) is 17.1. The summed E-state index contributed by atoms with van der Waals surface area (Å²) in [6, 6.07) is 15.8. The standard InChI is InChI=1S/C26H27N7O2/c27-25(34)20-7-10-31(18-5-8-28-9-6-18)16-21(20)23-14-19-15-32(11-12-33(19)30-23)26(35)24-13-17-3-1-2-4-22(17)29-24/h1-6,8-9,13-14,20-21,29H,7,10-12,15-16H2,(H2,27,34). The fourth-order valence-corrected chi connectivity index (χ4v) is 5.38. The van der Waals surface area contributed by atoms with Crippen LogP contribution in [0.25, 0.3) is 10.9 Å². The minimum atomic E-state index is -0.286. The van der Waals surface area contributed by atoms with Gasteiger partial charge in [0.25, 0.3) is 5.91 Å². The molecule has 9 heteroatoms. The van der Waals surface area contributed by atoms with Crippen LogP contribution in [0.2, 0.25) is 0 Å². The van der Waals surface area contributed by atoms with E-state index in [1.807, 2.05) is 58.1 Å². The molecule has 1 fully saturated rings. The highest BCUT2D eigenvalue weighted by atomic mass is 16.2. The molecule has 2 unspecified atom stereocenters. The van der Waals surface area contributed by atoms with Crippen LogP contribution < -0.4 is 10.6 Å². The van der Waals surface area contributed by atoms with Crippen molar-refractivity contribution in [2.75, 3.05) is 24.5 Å². The lowest BCUT2D eigenvalue weighted by Gasteiger charge is -2.37. The van der Waals surface area contributed by atoms with E-state index in [1.54, 1.807) is 12.4 Å². The number of H-pyrrole nitrogens is 1. The maximum atomic E-state index is 13.2. The number of nitrogens with zero attached hydrogens (tertiary/aromatic N) is 5. The predicted molar refractivity (Wildman–Crippen MR) is 132 cm³/mol. The van der Waals surface area contributed by atoms with Gasteiger partial charge in [-0.2, -0.15) is 5.10 Å². The third-order valence-electron chi connectivity index (χ3n) is 7.25. The van der Waals surface area contributed by atoms with E-state index in [0.29, 0.717) is 38.3 Å². The van der Waals surface area contributed by atoms with E-state index < -0.39 is 0 Å². The molecule has 2 aliphatic heterocycles. The number of primary amides is 1. The average molecular weight is 470 g/mol. The second-order valence-corrected chi connectivity index (χ2v) is 9.34. The number of nitrogens with one attached hydrogen (secondary N) is 1. The second-order valence-electron chi connectivity index (χ2n) is 9.34. The Morgan fingerprint density at radius 2 is 1.86 bits per heavy atom. The molecule has 9 nitrogen and oxygen atoms in total. The van der Waals surface area contributed by atoms with E-state index in [1.165, 1.54) is 0 Å². The lowest BCUT2D eigenvalue weighted by Crippen LogP contribution is -2.44. The maximum absolute atomic E-state index is 13.2. The Hall–Kier alpha value is -4.14. The van der Waals surface area contributed by atoms with Crippen molar-refractivity contribution in [2.45, 2.75) is 25.4 Å². The van der Waals surface area contributed by atoms with Gasteiger partial charge in [-0.15, -0.1) is 0 Å². The molecule has 1 aromatic carbocycles. The van der Waals surface area contributed by atoms with Crippen molar-refractivity contribution in [3.8, 4) is 0 Å². The number of fused-ring (bicyclic) bond motifs is 2. The summed E-state index contributed by atoms with van der Waals surface area (Å²) in [5.74, 6) is -0.683. The van der Waals surface area contributed by atoms with Crippen molar-refractivity contribution < 1.29 is 9.59 Å². The van der Waals surface area contributed by atoms with Gasteiger partial charge in [-0.3, -0.25) is 19.3 Å². The molecule has 35 heavy (non-hydrogen) atoms. The maximum Gasteiger partial charge on any atom is 0.270 e. The van der Waals surface area contributed by atoms with Crippen LogP contribution in [0.4, 0.5) is 5.69 Å². The number of benzene rings is 1. The van der Waals surface area contributed by atoms with Gasteiger partial charge in [-0.05, 0) is 36.8 Å². The van der Waals surface area contributed by atoms with E-state index in [9.17, 15) is 9.59 Å². The molecule has 0 aliphatic carbocycles. The summed E-state index contributed by atoms with van der Waals surface area (Å²) >= 11 is 0. The number of aromatic amines is 1. The van der Waals surface area contributed by atoms with Gasteiger partial charge in [0, 0.05) is 60.5 Å². The smallest absolute Gasteiger partial charge is 0.270 e. The number of hydrogen-bond donors (Lipinski definition) is 2. The summed E-state index contributed by atoms with van der Waals surface area (Å²) in [5.41, 5.74) is 10.3. The van der Waals surface area contributed by atoms with Crippen LogP contribution in [0, 0.1) is 5.92 Å². The monoisotopic (exact) mass is 469 g/mol. The van der Waals surface area contributed by atoms with Crippen LogP contribution >= 0.6 is 0 Å². The van der Waals surface area contributed by atoms with Gasteiger partial charge in [0.05, 0.1) is 24.5 Å². The molecule has 178 valence electrons. The first-order valence-electron chi connectivity index (χ1n) is 11.9. The molecule has 4 aromatic rings. The van der Waals surface area contributed by atoms with Crippen LogP contribution in [0.5, 0.6) is 0 Å². The van der Waals surface area contributed by atoms with Crippen molar-refractivity contribution >= 4 is 28.4 Å². The molecule has 2 atom stereocenters. The second kappa shape index (κ2) is 8.57. The number of rotatable bonds is 4. The van der Waals surface area contributed by atoms with E-state index in [4.69, 9.17) is 10.8 Å². The van der Waals surface area contributed by atoms with Crippen LogP contribution in [-0.2, 0) is 17.9 Å². The number of amides is 2. The van der Waals surface area contributed by atoms with Crippen molar-refractivity contribution in [2.24, 2.45) is 11.7 Å². The number of pyridine rings is 1. The lowest BCUT2D eigenvalue weighted by molar-refractivity contribution is -0.122. The quantitative estimate of drug-likeness (QED) is 0.477. The van der Waals surface area contributed by atoms with Crippen molar-refractivity contribution in [3.05, 3.63) is 78.0 Å². The van der Waals surface area contributed by atoms with Gasteiger partial charge in [-0.1, -0.05) is 18.2 Å². The number of nitrogens with two attached hydrogens (primary N) is 1. The zero-order chi connectivity index (χ0) is 23.9. The fraction of sp³-hybridized carbons (Fsp3) is 0.308. The number of anilines is 1. The average Bonchev–Trinajstić information content (AvgIpc) is 3.52. The molecule has 3 aromatic heterocycles. The highest BCUT2D eigenvalue weighted by molar-refractivity contribution is 5.98. The van der Waals surface area contributed by atoms with Crippen molar-refractivity contribution in [3.63, 3.8) is 0 Å². The topological polar surface area (TPSA) is 113 Å². The summed E-state index contributed by atoms with van der Waals surface area (Å²) in [6.45, 7) is 3.09. The zero-order valence-corrected chi connectivity index (χ0v) is 19.3. The Kier molecular flexibility index (Phi) is 5.24. The zero-order valence-electron chi connectivity index (χ0n) is 19.3. The number of carbonyl (C=O) groups is 2. The third-order valence-corrected chi connectivity index (χ3v) is 7.25. The van der Waals surface area contributed by atoms with Crippen molar-refractivity contribution in [1.82, 2.24) is 24.6 Å². The Morgan fingerprint density at radius 1 is 1.03 bits per heavy atom. The Bertz CT molecular complexity index is 1360. The molecule has 5 heterocycles. The minimum absolute atomic E-state index is 0.0215. The number of piperidine rings is 1. The fourth-order valence-electron chi connectivity index (χ4n) is 5.38. The van der Waals surface area contributed by atoms with Crippen LogP contribution in [0.15, 0.2) is 60.9 Å². The number of aromatic nitrogens is 4. The molecule has 0 radical (unpaired) electrons. The highest BCUT2D eigenvalue weighted by Gasteiger charge is 2.37. The van der Waals surface area contributed by atoms with Gasteiger partial charge in [0.1, 0.15) is 5.69 Å². The van der Waals surface area contributed by atoms with E-state index >= 15 is 0 Å². The molecule has 2 aliphatic rings. The van der Waals surface area contributed by atoms with E-state index in [-0.39, 0.29) is 23.7 Å². The third kappa shape index (κ3) is 3.92. The molecular weight excluding hydrogens is 442 g/mol. The Labute approximate surface area is 202 Å². The van der Waals surface area contributed by atoms with Gasteiger partial charge in [-0.25, -0.2) is 0 Å². The molecule has 3 N–H and O–H groups in total. The lowest BCUT2D eigenvalue weighted by atomic mass is 9.82. The number of carbonyl (C=O) groups excluding carboxylic acids is 2. The summed E-state index contributed by atoms with van der Waals surface area (Å²) in [7, 11) is 0. The largest absolute Gasteiger partial charge is 0.371 e. The number of hydrogen-bond acceptors (Lipinski definition) is 5. The first kappa shape index (κ1) is 21.4. The highest BCUT2D eigenvalue weighted by Crippen LogP contribution is 2.35. The normalized spacial score (nSPS) is 20.1. The van der Waals surface area contributed by atoms with Gasteiger partial charge < -0.3 is 20.5 Å². The molecule has 0 bridgehead atoms. The molecule has 0 saturated carbocycles. The SMILES string of the molecule is NC(=O)C1CCN(c2ccncc2)CC1c1cc2n(n1)CCN(C(=O)c1cc3ccccc3[nH]1)C2. The molecular formula is C26H27N7O2. The van der Waals surface area contributed by atoms with Crippen molar-refractivity contribution in [1.29, 1.82) is 0 Å². The van der Waals surface area contributed by atoms with Gasteiger partial charge in [0.15, 0.2) is 0 Å².